The maximum Gasteiger partial charge on any atom is 0.253 e. The molecule has 1 amide bonds. The van der Waals surface area contributed by atoms with Gasteiger partial charge in [0.1, 0.15) is 0 Å². The first-order valence-corrected chi connectivity index (χ1v) is 10.0. The van der Waals surface area contributed by atoms with Crippen molar-refractivity contribution in [2.45, 2.75) is 39.3 Å². The second-order valence-electron chi connectivity index (χ2n) is 7.31. The molecule has 2 aromatic rings. The predicted molar refractivity (Wildman–Crippen MR) is 130 cm³/mol. The first-order chi connectivity index (χ1) is 13.7. The number of carbonyl (C=O) groups is 1. The molecule has 0 atom stereocenters. The van der Waals surface area contributed by atoms with Gasteiger partial charge in [0, 0.05) is 38.8 Å². The van der Waals surface area contributed by atoms with Gasteiger partial charge >= 0.3 is 0 Å². The first kappa shape index (κ1) is 23.2. The van der Waals surface area contributed by atoms with Crippen LogP contribution in [0.4, 0.5) is 0 Å². The number of amides is 1. The van der Waals surface area contributed by atoms with Gasteiger partial charge in [-0.2, -0.15) is 0 Å². The summed E-state index contributed by atoms with van der Waals surface area (Å²) >= 11 is 0. The third-order valence-electron chi connectivity index (χ3n) is 5.11. The molecule has 1 saturated heterocycles. The van der Waals surface area contributed by atoms with Crippen LogP contribution >= 0.6 is 24.0 Å². The fraction of sp³-hybridized carbons (Fsp3) is 0.391. The van der Waals surface area contributed by atoms with Crippen molar-refractivity contribution >= 4 is 35.8 Å². The summed E-state index contributed by atoms with van der Waals surface area (Å²) in [6, 6.07) is 16.3. The van der Waals surface area contributed by atoms with Crippen LogP contribution in [0.1, 0.15) is 46.3 Å². The summed E-state index contributed by atoms with van der Waals surface area (Å²) in [7, 11) is 1.77. The largest absolute Gasteiger partial charge is 0.352 e. The molecule has 1 fully saturated rings. The molecule has 156 valence electrons. The van der Waals surface area contributed by atoms with Crippen molar-refractivity contribution in [2.75, 3.05) is 20.1 Å². The maximum atomic E-state index is 12.5. The molecule has 0 aromatic heterocycles. The zero-order valence-electron chi connectivity index (χ0n) is 17.3. The summed E-state index contributed by atoms with van der Waals surface area (Å²) < 4.78 is 0. The predicted octanol–water partition coefficient (Wildman–Crippen LogP) is 4.10. The molecule has 1 heterocycles. The van der Waals surface area contributed by atoms with E-state index >= 15 is 0 Å². The molecule has 1 aliphatic heterocycles. The molecular weight excluding hydrogens is 475 g/mol. The number of piperidine rings is 1. The lowest BCUT2D eigenvalue weighted by molar-refractivity contribution is 0.0724. The van der Waals surface area contributed by atoms with Crippen molar-refractivity contribution in [3.8, 4) is 0 Å². The number of nitrogens with one attached hydrogen (secondary N) is 2. The molecule has 6 heteroatoms. The fourth-order valence-electron chi connectivity index (χ4n) is 3.34. The molecule has 0 aliphatic carbocycles. The van der Waals surface area contributed by atoms with Gasteiger partial charge in [-0.25, -0.2) is 0 Å². The molecule has 3 rings (SSSR count). The number of nitrogens with zero attached hydrogens (tertiary/aromatic N) is 2. The van der Waals surface area contributed by atoms with E-state index in [-0.39, 0.29) is 29.9 Å². The standard InChI is InChI=1S/C23H30N4O.HI/c1-18-6-8-19(9-7-18)16-25-23(24-2)26-17-20-10-12-21(13-11-20)22(28)27-14-4-3-5-15-27;/h6-13H,3-5,14-17H2,1-2H3,(H2,24,25,26);1H. The number of halogens is 1. The van der Waals surface area contributed by atoms with E-state index in [0.717, 1.165) is 49.6 Å². The molecule has 0 saturated carbocycles. The highest BCUT2D eigenvalue weighted by Gasteiger charge is 2.17. The quantitative estimate of drug-likeness (QED) is 0.365. The van der Waals surface area contributed by atoms with Crippen LogP contribution in [0.15, 0.2) is 53.5 Å². The van der Waals surface area contributed by atoms with Gasteiger partial charge in [-0.1, -0.05) is 42.0 Å². The normalized spacial score (nSPS) is 14.1. The average Bonchev–Trinajstić information content (AvgIpc) is 2.75. The van der Waals surface area contributed by atoms with Gasteiger partial charge < -0.3 is 15.5 Å². The highest BCUT2D eigenvalue weighted by molar-refractivity contribution is 14.0. The van der Waals surface area contributed by atoms with Crippen LogP contribution < -0.4 is 10.6 Å². The minimum absolute atomic E-state index is 0. The molecule has 0 radical (unpaired) electrons. The number of guanidine groups is 1. The van der Waals surface area contributed by atoms with E-state index in [9.17, 15) is 4.79 Å². The smallest absolute Gasteiger partial charge is 0.253 e. The lowest BCUT2D eigenvalue weighted by Gasteiger charge is -2.26. The van der Waals surface area contributed by atoms with Gasteiger partial charge in [0.25, 0.3) is 5.91 Å². The topological polar surface area (TPSA) is 56.7 Å². The zero-order chi connectivity index (χ0) is 19.8. The van der Waals surface area contributed by atoms with Crippen LogP contribution in [0.2, 0.25) is 0 Å². The zero-order valence-corrected chi connectivity index (χ0v) is 19.6. The summed E-state index contributed by atoms with van der Waals surface area (Å²) in [6.07, 6.45) is 3.46. The molecule has 29 heavy (non-hydrogen) atoms. The lowest BCUT2D eigenvalue weighted by Crippen LogP contribution is -2.36. The van der Waals surface area contributed by atoms with Crippen LogP contribution in [-0.2, 0) is 13.1 Å². The van der Waals surface area contributed by atoms with Crippen molar-refractivity contribution in [3.05, 3.63) is 70.8 Å². The van der Waals surface area contributed by atoms with Crippen LogP contribution in [0.25, 0.3) is 0 Å². The minimum atomic E-state index is 0. The molecule has 1 aliphatic rings. The van der Waals surface area contributed by atoms with Gasteiger partial charge in [0.05, 0.1) is 0 Å². The van der Waals surface area contributed by atoms with Gasteiger partial charge in [-0.3, -0.25) is 9.79 Å². The Balaban J connectivity index is 0.00000300. The maximum absolute atomic E-state index is 12.5. The van der Waals surface area contributed by atoms with Gasteiger partial charge in [0.15, 0.2) is 5.96 Å². The average molecular weight is 506 g/mol. The van der Waals surface area contributed by atoms with E-state index in [1.165, 1.54) is 17.5 Å². The third-order valence-corrected chi connectivity index (χ3v) is 5.11. The summed E-state index contributed by atoms with van der Waals surface area (Å²) in [5.41, 5.74) is 4.36. The molecule has 2 aromatic carbocycles. The lowest BCUT2D eigenvalue weighted by atomic mass is 10.1. The Morgan fingerprint density at radius 1 is 0.897 bits per heavy atom. The van der Waals surface area contributed by atoms with Crippen LogP contribution in [0, 0.1) is 6.92 Å². The Bertz CT molecular complexity index is 797. The number of carbonyl (C=O) groups excluding carboxylic acids is 1. The van der Waals surface area contributed by atoms with Crippen molar-refractivity contribution in [2.24, 2.45) is 4.99 Å². The van der Waals surface area contributed by atoms with Crippen molar-refractivity contribution < 1.29 is 4.79 Å². The summed E-state index contributed by atoms with van der Waals surface area (Å²) in [5.74, 6) is 0.906. The van der Waals surface area contributed by atoms with Crippen LogP contribution in [0.3, 0.4) is 0 Å². The van der Waals surface area contributed by atoms with Gasteiger partial charge in [0.2, 0.25) is 0 Å². The molecule has 2 N–H and O–H groups in total. The molecular formula is C23H31IN4O. The van der Waals surface area contributed by atoms with E-state index in [1.54, 1.807) is 7.05 Å². The second kappa shape index (κ2) is 11.8. The molecule has 0 unspecified atom stereocenters. The number of hydrogen-bond donors (Lipinski definition) is 2. The van der Waals surface area contributed by atoms with Crippen molar-refractivity contribution in [3.63, 3.8) is 0 Å². The van der Waals surface area contributed by atoms with E-state index < -0.39 is 0 Å². The van der Waals surface area contributed by atoms with E-state index in [2.05, 4.69) is 46.8 Å². The Kier molecular flexibility index (Phi) is 9.44. The minimum Gasteiger partial charge on any atom is -0.352 e. The van der Waals surface area contributed by atoms with E-state index in [0.29, 0.717) is 6.54 Å². The Labute approximate surface area is 191 Å². The first-order valence-electron chi connectivity index (χ1n) is 10.0. The van der Waals surface area contributed by atoms with Crippen LogP contribution in [-0.4, -0.2) is 36.9 Å². The summed E-state index contributed by atoms with van der Waals surface area (Å²) in [4.78, 5) is 18.8. The number of likely N-dealkylation sites (tertiary alicyclic amines) is 1. The second-order valence-corrected chi connectivity index (χ2v) is 7.31. The number of rotatable bonds is 5. The van der Waals surface area contributed by atoms with E-state index in [4.69, 9.17) is 0 Å². The number of hydrogen-bond acceptors (Lipinski definition) is 2. The number of aliphatic imine (C=N–C) groups is 1. The summed E-state index contributed by atoms with van der Waals surface area (Å²) in [5, 5.41) is 6.65. The van der Waals surface area contributed by atoms with Crippen LogP contribution in [0.5, 0.6) is 0 Å². The number of benzene rings is 2. The molecule has 0 bridgehead atoms. The van der Waals surface area contributed by atoms with Crippen molar-refractivity contribution in [1.82, 2.24) is 15.5 Å². The highest BCUT2D eigenvalue weighted by atomic mass is 127. The summed E-state index contributed by atoms with van der Waals surface area (Å²) in [6.45, 7) is 5.23. The Hall–Kier alpha value is -2.09. The Morgan fingerprint density at radius 2 is 1.41 bits per heavy atom. The Morgan fingerprint density at radius 3 is 1.93 bits per heavy atom. The molecule has 0 spiro atoms. The molecule has 5 nitrogen and oxygen atoms in total. The monoisotopic (exact) mass is 506 g/mol. The van der Waals surface area contributed by atoms with Crippen molar-refractivity contribution in [1.29, 1.82) is 0 Å². The van der Waals surface area contributed by atoms with Gasteiger partial charge in [-0.15, -0.1) is 24.0 Å². The van der Waals surface area contributed by atoms with E-state index in [1.807, 2.05) is 29.2 Å². The fourth-order valence-corrected chi connectivity index (χ4v) is 3.34. The SMILES string of the molecule is CN=C(NCc1ccc(C)cc1)NCc1ccc(C(=O)N2CCCCC2)cc1.I. The highest BCUT2D eigenvalue weighted by Crippen LogP contribution is 2.14. The third kappa shape index (κ3) is 7.03. The van der Waals surface area contributed by atoms with Gasteiger partial charge in [-0.05, 0) is 49.4 Å². The number of aryl methyl sites for hydroxylation is 1.